The number of piperidine rings is 2. The molecule has 1 aromatic carbocycles. The average molecular weight is 428 g/mol. The van der Waals surface area contributed by atoms with E-state index in [0.29, 0.717) is 11.9 Å². The molecule has 1 aromatic rings. The molecule has 3 fully saturated rings. The molecule has 1 unspecified atom stereocenters. The fraction of sp³-hybridized carbons (Fsp3) is 0.731. The van der Waals surface area contributed by atoms with E-state index in [1.54, 1.807) is 0 Å². The van der Waals surface area contributed by atoms with E-state index in [4.69, 9.17) is 4.74 Å². The van der Waals surface area contributed by atoms with Gasteiger partial charge in [0.25, 0.3) is 0 Å². The highest BCUT2D eigenvalue weighted by Gasteiger charge is 2.33. The van der Waals surface area contributed by atoms with Crippen LogP contribution in [0.4, 0.5) is 0 Å². The van der Waals surface area contributed by atoms with Gasteiger partial charge < -0.3 is 14.5 Å². The number of hydrogen-bond donors (Lipinski definition) is 0. The number of benzene rings is 1. The summed E-state index contributed by atoms with van der Waals surface area (Å²) in [6.45, 7) is 12.4. The van der Waals surface area contributed by atoms with Gasteiger partial charge in [-0.3, -0.25) is 9.69 Å². The summed E-state index contributed by atoms with van der Waals surface area (Å²) in [7, 11) is 0. The normalized spacial score (nSPS) is 24.5. The van der Waals surface area contributed by atoms with Crippen molar-refractivity contribution >= 4 is 5.91 Å². The number of carbonyl (C=O) groups excluding carboxylic acids is 1. The number of carbonyl (C=O) groups is 1. The zero-order valence-corrected chi connectivity index (χ0v) is 19.6. The van der Waals surface area contributed by atoms with Crippen molar-refractivity contribution < 1.29 is 9.53 Å². The van der Waals surface area contributed by atoms with Gasteiger partial charge in [0.1, 0.15) is 0 Å². The summed E-state index contributed by atoms with van der Waals surface area (Å²) in [5, 5.41) is 0. The summed E-state index contributed by atoms with van der Waals surface area (Å²) in [6.07, 6.45) is 7.04. The molecule has 5 nitrogen and oxygen atoms in total. The second-order valence-electron chi connectivity index (χ2n) is 9.76. The highest BCUT2D eigenvalue weighted by Crippen LogP contribution is 2.26. The number of likely N-dealkylation sites (N-methyl/N-ethyl adjacent to an activating group) is 1. The number of likely N-dealkylation sites (tertiary alicyclic amines) is 2. The predicted octanol–water partition coefficient (Wildman–Crippen LogP) is 3.70. The Morgan fingerprint density at radius 1 is 1.06 bits per heavy atom. The van der Waals surface area contributed by atoms with Gasteiger partial charge in [-0.1, -0.05) is 24.3 Å². The molecule has 5 heteroatoms. The largest absolute Gasteiger partial charge is 0.376 e. The zero-order chi connectivity index (χ0) is 21.6. The van der Waals surface area contributed by atoms with Crippen LogP contribution >= 0.6 is 0 Å². The van der Waals surface area contributed by atoms with Gasteiger partial charge in [0.05, 0.1) is 6.10 Å². The molecular weight excluding hydrogens is 386 g/mol. The van der Waals surface area contributed by atoms with E-state index in [1.165, 1.54) is 37.1 Å². The molecule has 3 aliphatic rings. The third kappa shape index (κ3) is 5.88. The first kappa shape index (κ1) is 22.8. The number of hydrogen-bond acceptors (Lipinski definition) is 4. The van der Waals surface area contributed by atoms with Gasteiger partial charge in [0.15, 0.2) is 0 Å². The van der Waals surface area contributed by atoms with Crippen LogP contribution in [0.15, 0.2) is 24.3 Å². The first-order chi connectivity index (χ1) is 15.1. The van der Waals surface area contributed by atoms with Gasteiger partial charge in [-0.2, -0.15) is 0 Å². The molecule has 0 radical (unpaired) electrons. The molecule has 1 amide bonds. The molecule has 3 aliphatic heterocycles. The molecule has 0 aromatic heterocycles. The number of nitrogens with zero attached hydrogens (tertiary/aromatic N) is 3. The van der Waals surface area contributed by atoms with Crippen LogP contribution in [-0.2, 0) is 16.1 Å². The third-order valence-electron chi connectivity index (χ3n) is 7.75. The second kappa shape index (κ2) is 10.9. The number of rotatable bonds is 7. The molecular formula is C26H41N3O2. The van der Waals surface area contributed by atoms with Crippen molar-refractivity contribution in [3.8, 4) is 0 Å². The lowest BCUT2D eigenvalue weighted by atomic mass is 9.92. The smallest absolute Gasteiger partial charge is 0.225 e. The number of ether oxygens (including phenoxy) is 1. The lowest BCUT2D eigenvalue weighted by molar-refractivity contribution is -0.138. The van der Waals surface area contributed by atoms with Crippen LogP contribution in [0.25, 0.3) is 0 Å². The van der Waals surface area contributed by atoms with Gasteiger partial charge in [0, 0.05) is 38.2 Å². The van der Waals surface area contributed by atoms with Crippen LogP contribution in [0.5, 0.6) is 0 Å². The van der Waals surface area contributed by atoms with Gasteiger partial charge in [-0.15, -0.1) is 0 Å². The minimum absolute atomic E-state index is 0.207. The van der Waals surface area contributed by atoms with Crippen LogP contribution in [0.3, 0.4) is 0 Å². The highest BCUT2D eigenvalue weighted by atomic mass is 16.5. The Kier molecular flexibility index (Phi) is 8.02. The molecule has 1 atom stereocenters. The Balaban J connectivity index is 1.20. The Bertz CT molecular complexity index is 702. The first-order valence-electron chi connectivity index (χ1n) is 12.6. The molecule has 0 spiro atoms. The molecule has 0 aliphatic carbocycles. The van der Waals surface area contributed by atoms with Crippen LogP contribution in [0, 0.1) is 12.8 Å². The summed E-state index contributed by atoms with van der Waals surface area (Å²) < 4.78 is 5.77. The predicted molar refractivity (Wildman–Crippen MR) is 125 cm³/mol. The van der Waals surface area contributed by atoms with E-state index >= 15 is 0 Å². The Labute approximate surface area is 188 Å². The molecule has 0 N–H and O–H groups in total. The first-order valence-corrected chi connectivity index (χ1v) is 12.6. The summed E-state index contributed by atoms with van der Waals surface area (Å²) >= 11 is 0. The molecule has 4 rings (SSSR count). The van der Waals surface area contributed by atoms with E-state index in [-0.39, 0.29) is 12.0 Å². The van der Waals surface area contributed by atoms with Gasteiger partial charge in [-0.05, 0) is 89.7 Å². The summed E-state index contributed by atoms with van der Waals surface area (Å²) in [6, 6.07) is 9.46. The van der Waals surface area contributed by atoms with Crippen molar-refractivity contribution in [2.24, 2.45) is 5.92 Å². The van der Waals surface area contributed by atoms with Crippen molar-refractivity contribution in [2.45, 2.75) is 71.1 Å². The quantitative estimate of drug-likeness (QED) is 0.665. The van der Waals surface area contributed by atoms with E-state index in [9.17, 15) is 4.79 Å². The van der Waals surface area contributed by atoms with Crippen molar-refractivity contribution in [3.05, 3.63) is 35.4 Å². The van der Waals surface area contributed by atoms with E-state index < -0.39 is 0 Å². The van der Waals surface area contributed by atoms with Gasteiger partial charge >= 0.3 is 0 Å². The summed E-state index contributed by atoms with van der Waals surface area (Å²) in [5.74, 6) is 0.574. The molecule has 0 bridgehead atoms. The maximum Gasteiger partial charge on any atom is 0.225 e. The van der Waals surface area contributed by atoms with Crippen molar-refractivity contribution in [1.82, 2.24) is 14.7 Å². The van der Waals surface area contributed by atoms with Crippen LogP contribution in [0.1, 0.15) is 56.6 Å². The third-order valence-corrected chi connectivity index (χ3v) is 7.75. The second-order valence-corrected chi connectivity index (χ2v) is 9.76. The van der Waals surface area contributed by atoms with Gasteiger partial charge in [-0.25, -0.2) is 0 Å². The van der Waals surface area contributed by atoms with Crippen molar-refractivity contribution in [2.75, 3.05) is 45.9 Å². The lowest BCUT2D eigenvalue weighted by Crippen LogP contribution is -2.50. The van der Waals surface area contributed by atoms with Crippen LogP contribution in [0.2, 0.25) is 0 Å². The van der Waals surface area contributed by atoms with Crippen LogP contribution < -0.4 is 0 Å². The highest BCUT2D eigenvalue weighted by molar-refractivity contribution is 5.79. The SMILES string of the molecule is CCN(CC1CCCO1)C(=O)C1CCN(C2CCN(Cc3ccccc3C)CC2)CC1. The van der Waals surface area contributed by atoms with Crippen molar-refractivity contribution in [3.63, 3.8) is 0 Å². The summed E-state index contributed by atoms with van der Waals surface area (Å²) in [5.41, 5.74) is 2.86. The molecule has 3 heterocycles. The van der Waals surface area contributed by atoms with Crippen molar-refractivity contribution in [1.29, 1.82) is 0 Å². The summed E-state index contributed by atoms with van der Waals surface area (Å²) in [4.78, 5) is 20.4. The van der Waals surface area contributed by atoms with E-state index in [2.05, 4.69) is 52.8 Å². The van der Waals surface area contributed by atoms with Crippen LogP contribution in [-0.4, -0.2) is 78.6 Å². The zero-order valence-electron chi connectivity index (χ0n) is 19.6. The van der Waals surface area contributed by atoms with E-state index in [1.807, 2.05) is 0 Å². The molecule has 3 saturated heterocycles. The lowest BCUT2D eigenvalue weighted by Gasteiger charge is -2.42. The Morgan fingerprint density at radius 3 is 2.45 bits per heavy atom. The maximum absolute atomic E-state index is 13.1. The Morgan fingerprint density at radius 2 is 1.81 bits per heavy atom. The minimum atomic E-state index is 0.207. The standard InChI is InChI=1S/C26H41N3O2/c1-3-28(20-25-9-6-18-31-25)26(30)22-10-16-29(17-11-22)24-12-14-27(15-13-24)19-23-8-5-4-7-21(23)2/h4-5,7-8,22,24-25H,3,6,9-20H2,1-2H3. The average Bonchev–Trinajstić information content (AvgIpc) is 3.32. The number of aryl methyl sites for hydroxylation is 1. The minimum Gasteiger partial charge on any atom is -0.376 e. The monoisotopic (exact) mass is 427 g/mol. The topological polar surface area (TPSA) is 36.0 Å². The Hall–Kier alpha value is -1.43. The number of amides is 1. The van der Waals surface area contributed by atoms with E-state index in [0.717, 1.165) is 65.0 Å². The maximum atomic E-state index is 13.1. The fourth-order valence-corrected chi connectivity index (χ4v) is 5.65. The molecule has 0 saturated carbocycles. The fourth-order valence-electron chi connectivity index (χ4n) is 5.65. The molecule has 31 heavy (non-hydrogen) atoms. The van der Waals surface area contributed by atoms with Gasteiger partial charge in [0.2, 0.25) is 5.91 Å². The molecule has 172 valence electrons.